The van der Waals surface area contributed by atoms with Crippen molar-refractivity contribution in [2.75, 3.05) is 6.61 Å². The predicted molar refractivity (Wildman–Crippen MR) is 50.1 cm³/mol. The summed E-state index contributed by atoms with van der Waals surface area (Å²) in [6.45, 7) is 1.74. The van der Waals surface area contributed by atoms with Crippen LogP contribution in [0.1, 0.15) is 32.6 Å². The molecular weight excluding hydrogens is 168 g/mol. The first-order valence-corrected chi connectivity index (χ1v) is 4.75. The molecule has 13 heavy (non-hydrogen) atoms. The summed E-state index contributed by atoms with van der Waals surface area (Å²) in [5.74, 6) is -0.0521. The van der Waals surface area contributed by atoms with E-state index >= 15 is 0 Å². The second-order valence-electron chi connectivity index (χ2n) is 4.04. The lowest BCUT2D eigenvalue weighted by atomic mass is 9.75. The van der Waals surface area contributed by atoms with Crippen molar-refractivity contribution in [2.45, 2.75) is 44.2 Å². The fourth-order valence-electron chi connectivity index (χ4n) is 1.50. The van der Waals surface area contributed by atoms with Crippen LogP contribution in [0.25, 0.3) is 0 Å². The molecule has 0 aromatic rings. The monoisotopic (exact) mass is 186 g/mol. The third-order valence-corrected chi connectivity index (χ3v) is 2.54. The summed E-state index contributed by atoms with van der Waals surface area (Å²) in [6, 6.07) is -0.170. The van der Waals surface area contributed by atoms with Gasteiger partial charge in [-0.3, -0.25) is 4.79 Å². The van der Waals surface area contributed by atoms with Crippen molar-refractivity contribution in [3.8, 4) is 0 Å². The highest BCUT2D eigenvalue weighted by Gasteiger charge is 2.34. The van der Waals surface area contributed by atoms with Crippen LogP contribution in [0.3, 0.4) is 0 Å². The number of nitrogens with two attached hydrogens (primary N) is 1. The van der Waals surface area contributed by atoms with Crippen molar-refractivity contribution in [3.05, 3.63) is 0 Å². The van der Waals surface area contributed by atoms with Crippen LogP contribution in [-0.4, -0.2) is 29.2 Å². The van der Waals surface area contributed by atoms with Gasteiger partial charge < -0.3 is 16.2 Å². The van der Waals surface area contributed by atoms with Gasteiger partial charge in [0.1, 0.15) is 0 Å². The molecule has 1 saturated carbocycles. The standard InChI is InChI=1S/C9H18N2O2/c1-7(6-12)11-8(13)5-9(10)3-2-4-9/h7,12H,2-6,10H2,1H3,(H,11,13)/t7-/m1/s1. The van der Waals surface area contributed by atoms with E-state index in [0.29, 0.717) is 6.42 Å². The molecule has 0 bridgehead atoms. The van der Waals surface area contributed by atoms with E-state index in [-0.39, 0.29) is 24.1 Å². The molecule has 1 fully saturated rings. The quantitative estimate of drug-likeness (QED) is 0.567. The smallest absolute Gasteiger partial charge is 0.222 e. The molecule has 0 aromatic heterocycles. The van der Waals surface area contributed by atoms with Gasteiger partial charge in [-0.25, -0.2) is 0 Å². The number of nitrogens with one attached hydrogen (secondary N) is 1. The average molecular weight is 186 g/mol. The Balaban J connectivity index is 2.24. The van der Waals surface area contributed by atoms with Crippen LogP contribution in [-0.2, 0) is 4.79 Å². The molecule has 0 unspecified atom stereocenters. The number of aliphatic hydroxyl groups is 1. The van der Waals surface area contributed by atoms with Crippen LogP contribution in [0, 0.1) is 0 Å². The van der Waals surface area contributed by atoms with Gasteiger partial charge in [0.2, 0.25) is 5.91 Å². The second kappa shape index (κ2) is 4.07. The van der Waals surface area contributed by atoms with Gasteiger partial charge in [-0.2, -0.15) is 0 Å². The SMILES string of the molecule is C[C@H](CO)NC(=O)CC1(N)CCC1. The molecule has 0 saturated heterocycles. The first kappa shape index (κ1) is 10.5. The molecule has 0 spiro atoms. The van der Waals surface area contributed by atoms with Gasteiger partial charge in [0.05, 0.1) is 6.61 Å². The molecule has 0 aliphatic heterocycles. The predicted octanol–water partition coefficient (Wildman–Crippen LogP) is -0.245. The summed E-state index contributed by atoms with van der Waals surface area (Å²) < 4.78 is 0. The van der Waals surface area contributed by atoms with Crippen molar-refractivity contribution < 1.29 is 9.90 Å². The zero-order valence-electron chi connectivity index (χ0n) is 8.05. The molecule has 76 valence electrons. The maximum Gasteiger partial charge on any atom is 0.222 e. The first-order chi connectivity index (χ1) is 6.06. The third-order valence-electron chi connectivity index (χ3n) is 2.54. The lowest BCUT2D eigenvalue weighted by Crippen LogP contribution is -2.51. The van der Waals surface area contributed by atoms with E-state index in [1.807, 2.05) is 0 Å². The van der Waals surface area contributed by atoms with E-state index in [2.05, 4.69) is 5.32 Å². The van der Waals surface area contributed by atoms with Crippen LogP contribution in [0.2, 0.25) is 0 Å². The number of carbonyl (C=O) groups is 1. The minimum Gasteiger partial charge on any atom is -0.394 e. The lowest BCUT2D eigenvalue weighted by molar-refractivity contribution is -0.123. The van der Waals surface area contributed by atoms with Gasteiger partial charge in [0, 0.05) is 18.0 Å². The fraction of sp³-hybridized carbons (Fsp3) is 0.889. The van der Waals surface area contributed by atoms with Crippen LogP contribution >= 0.6 is 0 Å². The van der Waals surface area contributed by atoms with Gasteiger partial charge >= 0.3 is 0 Å². The summed E-state index contributed by atoms with van der Waals surface area (Å²) in [6.07, 6.45) is 3.39. The number of amides is 1. The fourth-order valence-corrected chi connectivity index (χ4v) is 1.50. The Morgan fingerprint density at radius 3 is 2.69 bits per heavy atom. The van der Waals surface area contributed by atoms with E-state index in [0.717, 1.165) is 19.3 Å². The van der Waals surface area contributed by atoms with Gasteiger partial charge in [-0.05, 0) is 26.2 Å². The molecule has 4 nitrogen and oxygen atoms in total. The topological polar surface area (TPSA) is 75.3 Å². The van der Waals surface area contributed by atoms with Gasteiger partial charge in [0.15, 0.2) is 0 Å². The summed E-state index contributed by atoms with van der Waals surface area (Å²) >= 11 is 0. The van der Waals surface area contributed by atoms with Crippen molar-refractivity contribution in [3.63, 3.8) is 0 Å². The molecule has 1 atom stereocenters. The molecule has 4 heteroatoms. The van der Waals surface area contributed by atoms with E-state index in [1.165, 1.54) is 0 Å². The molecule has 0 radical (unpaired) electrons. The highest BCUT2D eigenvalue weighted by atomic mass is 16.3. The van der Waals surface area contributed by atoms with Crippen LogP contribution in [0.4, 0.5) is 0 Å². The van der Waals surface area contributed by atoms with E-state index in [9.17, 15) is 4.79 Å². The summed E-state index contributed by atoms with van der Waals surface area (Å²) in [7, 11) is 0. The lowest BCUT2D eigenvalue weighted by Gasteiger charge is -2.37. The van der Waals surface area contributed by atoms with Crippen LogP contribution in [0.5, 0.6) is 0 Å². The van der Waals surface area contributed by atoms with E-state index < -0.39 is 0 Å². The maximum atomic E-state index is 11.3. The summed E-state index contributed by atoms with van der Waals surface area (Å²) in [5.41, 5.74) is 5.63. The minimum absolute atomic E-state index is 0.0245. The summed E-state index contributed by atoms with van der Waals surface area (Å²) in [4.78, 5) is 11.3. The van der Waals surface area contributed by atoms with Crippen molar-refractivity contribution in [1.82, 2.24) is 5.32 Å². The van der Waals surface area contributed by atoms with Crippen molar-refractivity contribution >= 4 is 5.91 Å². The Morgan fingerprint density at radius 1 is 1.69 bits per heavy atom. The molecular formula is C9H18N2O2. The minimum atomic E-state index is -0.265. The third kappa shape index (κ3) is 2.97. The van der Waals surface area contributed by atoms with Gasteiger partial charge in [-0.15, -0.1) is 0 Å². The maximum absolute atomic E-state index is 11.3. The highest BCUT2D eigenvalue weighted by Crippen LogP contribution is 2.31. The molecule has 4 N–H and O–H groups in total. The Morgan fingerprint density at radius 2 is 2.31 bits per heavy atom. The highest BCUT2D eigenvalue weighted by molar-refractivity contribution is 5.77. The molecule has 1 aliphatic rings. The summed E-state index contributed by atoms with van der Waals surface area (Å²) in [5, 5.41) is 11.4. The largest absolute Gasteiger partial charge is 0.394 e. The zero-order chi connectivity index (χ0) is 9.90. The molecule has 0 aromatic carbocycles. The molecule has 1 aliphatic carbocycles. The first-order valence-electron chi connectivity index (χ1n) is 4.75. The number of aliphatic hydroxyl groups excluding tert-OH is 1. The van der Waals surface area contributed by atoms with E-state index in [1.54, 1.807) is 6.92 Å². The molecule has 0 heterocycles. The van der Waals surface area contributed by atoms with Gasteiger partial charge in [0.25, 0.3) is 0 Å². The Labute approximate surface area is 78.5 Å². The zero-order valence-corrected chi connectivity index (χ0v) is 8.05. The Hall–Kier alpha value is -0.610. The number of carbonyl (C=O) groups excluding carboxylic acids is 1. The molecule has 1 rings (SSSR count). The number of hydrogen-bond acceptors (Lipinski definition) is 3. The molecule has 1 amide bonds. The van der Waals surface area contributed by atoms with Crippen LogP contribution < -0.4 is 11.1 Å². The Bertz CT molecular complexity index is 190. The van der Waals surface area contributed by atoms with Crippen molar-refractivity contribution in [1.29, 1.82) is 0 Å². The Kier molecular flexibility index (Phi) is 3.27. The van der Waals surface area contributed by atoms with Gasteiger partial charge in [-0.1, -0.05) is 0 Å². The normalized spacial score (nSPS) is 21.8. The second-order valence-corrected chi connectivity index (χ2v) is 4.04. The number of hydrogen-bond donors (Lipinski definition) is 3. The average Bonchev–Trinajstić information content (AvgIpc) is 2.01. The number of rotatable bonds is 4. The van der Waals surface area contributed by atoms with E-state index in [4.69, 9.17) is 10.8 Å². The van der Waals surface area contributed by atoms with Crippen molar-refractivity contribution in [2.24, 2.45) is 5.73 Å². The van der Waals surface area contributed by atoms with Crippen LogP contribution in [0.15, 0.2) is 0 Å².